The van der Waals surface area contributed by atoms with Gasteiger partial charge in [0.1, 0.15) is 0 Å². The predicted octanol–water partition coefficient (Wildman–Crippen LogP) is 3.07. The van der Waals surface area contributed by atoms with Crippen LogP contribution in [0.15, 0.2) is 22.7 Å². The number of thiophene rings is 1. The van der Waals surface area contributed by atoms with Crippen molar-refractivity contribution in [3.63, 3.8) is 0 Å². The van der Waals surface area contributed by atoms with Gasteiger partial charge in [0.15, 0.2) is 11.0 Å². The summed E-state index contributed by atoms with van der Waals surface area (Å²) in [6.45, 7) is 5.36. The number of ether oxygens (including phenoxy) is 1. The van der Waals surface area contributed by atoms with E-state index in [9.17, 15) is 4.79 Å². The number of thioether (sulfide) groups is 1. The van der Waals surface area contributed by atoms with Gasteiger partial charge in [0.2, 0.25) is 5.91 Å². The molecule has 6 nitrogen and oxygen atoms in total. The smallest absolute Gasteiger partial charge is 0.233 e. The molecule has 2 aromatic rings. The molecule has 1 saturated carbocycles. The first-order valence-electron chi connectivity index (χ1n) is 8.66. The molecule has 2 atom stereocenters. The Labute approximate surface area is 155 Å². The average molecular weight is 379 g/mol. The monoisotopic (exact) mass is 378 g/mol. The molecule has 1 aliphatic heterocycles. The zero-order chi connectivity index (χ0) is 17.4. The predicted molar refractivity (Wildman–Crippen MR) is 98.9 cm³/mol. The molecule has 1 saturated heterocycles. The van der Waals surface area contributed by atoms with Crippen LogP contribution in [0.25, 0.3) is 10.7 Å². The van der Waals surface area contributed by atoms with E-state index >= 15 is 0 Å². The molecule has 0 spiro atoms. The van der Waals surface area contributed by atoms with E-state index < -0.39 is 0 Å². The molecule has 0 radical (unpaired) electrons. The van der Waals surface area contributed by atoms with Crippen LogP contribution in [-0.2, 0) is 9.53 Å². The molecule has 8 heteroatoms. The normalized spacial score (nSPS) is 23.8. The summed E-state index contributed by atoms with van der Waals surface area (Å²) in [6, 6.07) is 4.58. The molecule has 0 unspecified atom stereocenters. The van der Waals surface area contributed by atoms with E-state index in [-0.39, 0.29) is 18.1 Å². The van der Waals surface area contributed by atoms with Crippen molar-refractivity contribution < 1.29 is 9.53 Å². The molecule has 134 valence electrons. The van der Waals surface area contributed by atoms with Crippen molar-refractivity contribution >= 4 is 29.0 Å². The number of aromatic nitrogens is 3. The quantitative estimate of drug-likeness (QED) is 0.749. The van der Waals surface area contributed by atoms with E-state index in [1.165, 1.54) is 11.8 Å². The number of morpholine rings is 1. The second-order valence-corrected chi connectivity index (χ2v) is 8.62. The molecule has 2 fully saturated rings. The molecule has 1 aliphatic carbocycles. The van der Waals surface area contributed by atoms with Gasteiger partial charge in [-0.2, -0.15) is 0 Å². The average Bonchev–Trinajstić information content (AvgIpc) is 3.10. The summed E-state index contributed by atoms with van der Waals surface area (Å²) in [5.41, 5.74) is 0. The molecular weight excluding hydrogens is 356 g/mol. The summed E-state index contributed by atoms with van der Waals surface area (Å²) in [7, 11) is 0. The van der Waals surface area contributed by atoms with Gasteiger partial charge in [-0.05, 0) is 38.1 Å². The number of hydrogen-bond donors (Lipinski definition) is 0. The Bertz CT molecular complexity index is 732. The first kappa shape index (κ1) is 17.1. The van der Waals surface area contributed by atoms with Crippen LogP contribution >= 0.6 is 23.1 Å². The van der Waals surface area contributed by atoms with E-state index in [4.69, 9.17) is 4.74 Å². The van der Waals surface area contributed by atoms with E-state index in [2.05, 4.69) is 26.2 Å². The summed E-state index contributed by atoms with van der Waals surface area (Å²) in [4.78, 5) is 15.6. The van der Waals surface area contributed by atoms with Gasteiger partial charge in [0, 0.05) is 19.1 Å². The molecular formula is C17H22N4O2S2. The van der Waals surface area contributed by atoms with Gasteiger partial charge in [0.05, 0.1) is 22.8 Å². The minimum absolute atomic E-state index is 0.0956. The highest BCUT2D eigenvalue weighted by Gasteiger charge is 2.31. The van der Waals surface area contributed by atoms with Crippen LogP contribution in [0.1, 0.15) is 32.7 Å². The lowest BCUT2D eigenvalue weighted by Gasteiger charge is -2.35. The lowest BCUT2D eigenvalue weighted by Crippen LogP contribution is -2.48. The van der Waals surface area contributed by atoms with Crippen molar-refractivity contribution in [3.05, 3.63) is 17.5 Å². The largest absolute Gasteiger partial charge is 0.372 e. The highest BCUT2D eigenvalue weighted by Crippen LogP contribution is 2.41. The molecule has 0 aromatic carbocycles. The molecule has 25 heavy (non-hydrogen) atoms. The number of rotatable bonds is 5. The third-order valence-corrected chi connectivity index (χ3v) is 6.21. The van der Waals surface area contributed by atoms with Gasteiger partial charge in [-0.25, -0.2) is 0 Å². The van der Waals surface area contributed by atoms with Gasteiger partial charge < -0.3 is 9.64 Å². The molecule has 3 heterocycles. The third kappa shape index (κ3) is 3.75. The molecule has 2 aliphatic rings. The molecule has 1 amide bonds. The van der Waals surface area contributed by atoms with E-state index in [0.29, 0.717) is 24.9 Å². The Balaban J connectivity index is 1.45. The Morgan fingerprint density at radius 3 is 2.72 bits per heavy atom. The van der Waals surface area contributed by atoms with Crippen LogP contribution in [0.5, 0.6) is 0 Å². The Morgan fingerprint density at radius 2 is 2.08 bits per heavy atom. The fraction of sp³-hybridized carbons (Fsp3) is 0.588. The maximum absolute atomic E-state index is 12.6. The van der Waals surface area contributed by atoms with Crippen molar-refractivity contribution in [1.82, 2.24) is 19.7 Å². The fourth-order valence-electron chi connectivity index (χ4n) is 3.21. The van der Waals surface area contributed by atoms with Crippen LogP contribution in [0.2, 0.25) is 0 Å². The highest BCUT2D eigenvalue weighted by atomic mass is 32.2. The van der Waals surface area contributed by atoms with Gasteiger partial charge >= 0.3 is 0 Å². The van der Waals surface area contributed by atoms with Crippen LogP contribution < -0.4 is 0 Å². The third-order valence-electron chi connectivity index (χ3n) is 4.42. The van der Waals surface area contributed by atoms with Gasteiger partial charge in [-0.1, -0.05) is 17.8 Å². The van der Waals surface area contributed by atoms with E-state index in [0.717, 1.165) is 28.7 Å². The first-order valence-corrected chi connectivity index (χ1v) is 10.5. The van der Waals surface area contributed by atoms with Crippen LogP contribution in [-0.4, -0.2) is 56.6 Å². The van der Waals surface area contributed by atoms with Gasteiger partial charge in [0.25, 0.3) is 0 Å². The minimum atomic E-state index is 0.0956. The highest BCUT2D eigenvalue weighted by molar-refractivity contribution is 7.99. The Morgan fingerprint density at radius 1 is 1.32 bits per heavy atom. The summed E-state index contributed by atoms with van der Waals surface area (Å²) in [6.07, 6.45) is 2.52. The number of amides is 1. The second-order valence-electron chi connectivity index (χ2n) is 6.73. The summed E-state index contributed by atoms with van der Waals surface area (Å²) < 4.78 is 7.92. The van der Waals surface area contributed by atoms with Gasteiger partial charge in [-0.3, -0.25) is 9.36 Å². The molecule has 0 N–H and O–H groups in total. The lowest BCUT2D eigenvalue weighted by molar-refractivity contribution is -0.140. The molecule has 0 bridgehead atoms. The van der Waals surface area contributed by atoms with Crippen LogP contribution in [0.4, 0.5) is 0 Å². The van der Waals surface area contributed by atoms with E-state index in [1.807, 2.05) is 24.8 Å². The van der Waals surface area contributed by atoms with E-state index in [1.54, 1.807) is 11.3 Å². The lowest BCUT2D eigenvalue weighted by atomic mass is 10.2. The van der Waals surface area contributed by atoms with Crippen molar-refractivity contribution in [3.8, 4) is 10.7 Å². The minimum Gasteiger partial charge on any atom is -0.372 e. The summed E-state index contributed by atoms with van der Waals surface area (Å²) >= 11 is 3.17. The Hall–Kier alpha value is -1.38. The Kier molecular flexibility index (Phi) is 4.84. The van der Waals surface area contributed by atoms with Crippen molar-refractivity contribution in [2.75, 3.05) is 18.8 Å². The molecule has 4 rings (SSSR count). The summed E-state index contributed by atoms with van der Waals surface area (Å²) in [5.74, 6) is 1.48. The zero-order valence-electron chi connectivity index (χ0n) is 14.4. The second kappa shape index (κ2) is 7.09. The number of nitrogens with zero attached hydrogens (tertiary/aromatic N) is 4. The standard InChI is InChI=1S/C17H22N4O2S2/c1-11-8-20(9-12(2)23-11)15(22)10-25-17-19-18-16(14-4-3-7-24-14)21(17)13-5-6-13/h3-4,7,11-13H,5-6,8-10H2,1-2H3/t11-,12-/m1/s1. The topological polar surface area (TPSA) is 60.2 Å². The number of hydrogen-bond acceptors (Lipinski definition) is 6. The van der Waals surface area contributed by atoms with Crippen molar-refractivity contribution in [1.29, 1.82) is 0 Å². The number of carbonyl (C=O) groups excluding carboxylic acids is 1. The maximum atomic E-state index is 12.6. The van der Waals surface area contributed by atoms with Crippen LogP contribution in [0, 0.1) is 0 Å². The fourth-order valence-corrected chi connectivity index (χ4v) is 4.82. The van der Waals surface area contributed by atoms with Crippen molar-refractivity contribution in [2.24, 2.45) is 0 Å². The van der Waals surface area contributed by atoms with Crippen LogP contribution in [0.3, 0.4) is 0 Å². The summed E-state index contributed by atoms with van der Waals surface area (Å²) in [5, 5.41) is 11.7. The molecule has 2 aromatic heterocycles. The van der Waals surface area contributed by atoms with Gasteiger partial charge in [-0.15, -0.1) is 21.5 Å². The maximum Gasteiger partial charge on any atom is 0.233 e. The zero-order valence-corrected chi connectivity index (χ0v) is 16.1. The first-order chi connectivity index (χ1) is 12.1. The van der Waals surface area contributed by atoms with Crippen molar-refractivity contribution in [2.45, 2.75) is 50.1 Å². The number of carbonyl (C=O) groups is 1. The SMILES string of the molecule is C[C@@H]1CN(C(=O)CSc2nnc(-c3cccs3)n2C2CC2)C[C@@H](C)O1.